The summed E-state index contributed by atoms with van der Waals surface area (Å²) in [5.74, 6) is 0. The van der Waals surface area contributed by atoms with E-state index in [1.165, 1.54) is 11.4 Å². The molecule has 0 aliphatic rings. The van der Waals surface area contributed by atoms with Gasteiger partial charge in [-0.3, -0.25) is 0 Å². The van der Waals surface area contributed by atoms with E-state index in [2.05, 4.69) is 65.2 Å². The van der Waals surface area contributed by atoms with Crippen molar-refractivity contribution in [3.05, 3.63) is 23.5 Å². The predicted octanol–water partition coefficient (Wildman–Crippen LogP) is 4.10. The Hall–Kier alpha value is -0.720. The van der Waals surface area contributed by atoms with Crippen molar-refractivity contribution in [1.82, 2.24) is 4.57 Å². The first-order valence-corrected chi connectivity index (χ1v) is 5.88. The Balaban J connectivity index is 3.30. The van der Waals surface area contributed by atoms with E-state index in [0.29, 0.717) is 0 Å². The minimum atomic E-state index is 0.236. The van der Waals surface area contributed by atoms with Gasteiger partial charge in [-0.2, -0.15) is 0 Å². The number of nitrogens with zero attached hydrogens (tertiary/aromatic N) is 1. The summed E-state index contributed by atoms with van der Waals surface area (Å²) >= 11 is 0. The fourth-order valence-electron chi connectivity index (χ4n) is 2.12. The van der Waals surface area contributed by atoms with Gasteiger partial charge in [-0.1, -0.05) is 41.5 Å². The molecule has 0 bridgehead atoms. The molecule has 0 unspecified atom stereocenters. The van der Waals surface area contributed by atoms with Crippen molar-refractivity contribution in [2.75, 3.05) is 0 Å². The largest absolute Gasteiger partial charge is 0.348 e. The SMILES string of the molecule is CCn1c(C(C)(C)C)ccc1C(C)(C)C. The Morgan fingerprint density at radius 2 is 1.20 bits per heavy atom. The van der Waals surface area contributed by atoms with Crippen LogP contribution >= 0.6 is 0 Å². The second-order valence-electron chi connectivity index (χ2n) is 6.35. The van der Waals surface area contributed by atoms with Crippen molar-refractivity contribution in [1.29, 1.82) is 0 Å². The van der Waals surface area contributed by atoms with E-state index in [1.807, 2.05) is 0 Å². The van der Waals surface area contributed by atoms with Crippen LogP contribution in [0.4, 0.5) is 0 Å². The Bertz CT molecular complexity index is 300. The summed E-state index contributed by atoms with van der Waals surface area (Å²) in [5.41, 5.74) is 3.35. The third-order valence-electron chi connectivity index (χ3n) is 2.83. The van der Waals surface area contributed by atoms with Gasteiger partial charge < -0.3 is 4.57 Å². The van der Waals surface area contributed by atoms with Crippen molar-refractivity contribution >= 4 is 0 Å². The van der Waals surface area contributed by atoms with Gasteiger partial charge in [-0.15, -0.1) is 0 Å². The Kier molecular flexibility index (Phi) is 3.04. The summed E-state index contributed by atoms with van der Waals surface area (Å²) < 4.78 is 2.46. The van der Waals surface area contributed by atoms with Crippen LogP contribution in [0.15, 0.2) is 12.1 Å². The maximum atomic E-state index is 2.46. The predicted molar refractivity (Wildman–Crippen MR) is 67.5 cm³/mol. The maximum Gasteiger partial charge on any atom is 0.0231 e. The van der Waals surface area contributed by atoms with Crippen molar-refractivity contribution in [2.24, 2.45) is 0 Å². The Morgan fingerprint density at radius 1 is 0.867 bits per heavy atom. The zero-order chi connectivity index (χ0) is 11.9. The van der Waals surface area contributed by atoms with E-state index >= 15 is 0 Å². The molecule has 1 aromatic heterocycles. The number of rotatable bonds is 1. The van der Waals surface area contributed by atoms with E-state index in [1.54, 1.807) is 0 Å². The molecule has 0 atom stereocenters. The van der Waals surface area contributed by atoms with E-state index in [9.17, 15) is 0 Å². The number of hydrogen-bond acceptors (Lipinski definition) is 0. The molecule has 0 fully saturated rings. The molecule has 15 heavy (non-hydrogen) atoms. The molecule has 0 radical (unpaired) electrons. The molecule has 1 heterocycles. The van der Waals surface area contributed by atoms with E-state index < -0.39 is 0 Å². The molecular weight excluding hydrogens is 182 g/mol. The average molecular weight is 207 g/mol. The number of aromatic nitrogens is 1. The van der Waals surface area contributed by atoms with Gasteiger partial charge in [0, 0.05) is 28.8 Å². The highest BCUT2D eigenvalue weighted by atomic mass is 15.0. The molecule has 0 aliphatic carbocycles. The van der Waals surface area contributed by atoms with Crippen LogP contribution in [0.2, 0.25) is 0 Å². The van der Waals surface area contributed by atoms with Gasteiger partial charge in [-0.05, 0) is 19.1 Å². The molecule has 0 aromatic carbocycles. The van der Waals surface area contributed by atoms with Crippen LogP contribution in [0.3, 0.4) is 0 Å². The van der Waals surface area contributed by atoms with Gasteiger partial charge in [0.1, 0.15) is 0 Å². The Morgan fingerprint density at radius 3 is 1.40 bits per heavy atom. The van der Waals surface area contributed by atoms with E-state index in [-0.39, 0.29) is 10.8 Å². The van der Waals surface area contributed by atoms with Gasteiger partial charge in [0.15, 0.2) is 0 Å². The highest BCUT2D eigenvalue weighted by Crippen LogP contribution is 2.30. The molecule has 0 amide bonds. The topological polar surface area (TPSA) is 4.93 Å². The second-order valence-corrected chi connectivity index (χ2v) is 6.35. The van der Waals surface area contributed by atoms with Crippen LogP contribution in [0.5, 0.6) is 0 Å². The third kappa shape index (κ3) is 2.45. The third-order valence-corrected chi connectivity index (χ3v) is 2.83. The lowest BCUT2D eigenvalue weighted by molar-refractivity contribution is 0.476. The fourth-order valence-corrected chi connectivity index (χ4v) is 2.12. The quantitative estimate of drug-likeness (QED) is 0.653. The lowest BCUT2D eigenvalue weighted by Gasteiger charge is -2.26. The summed E-state index contributed by atoms with van der Waals surface area (Å²) in [5, 5.41) is 0. The molecule has 0 spiro atoms. The zero-order valence-electron chi connectivity index (χ0n) is 11.3. The average Bonchev–Trinajstić information content (AvgIpc) is 2.43. The summed E-state index contributed by atoms with van der Waals surface area (Å²) in [6.07, 6.45) is 0. The van der Waals surface area contributed by atoms with Crippen LogP contribution in [0, 0.1) is 0 Å². The molecule has 1 heteroatoms. The highest BCUT2D eigenvalue weighted by molar-refractivity contribution is 5.26. The van der Waals surface area contributed by atoms with Gasteiger partial charge >= 0.3 is 0 Å². The van der Waals surface area contributed by atoms with Crippen LogP contribution in [-0.4, -0.2) is 4.57 Å². The van der Waals surface area contributed by atoms with Crippen LogP contribution in [0.1, 0.15) is 59.9 Å². The van der Waals surface area contributed by atoms with Crippen molar-refractivity contribution in [3.63, 3.8) is 0 Å². The number of hydrogen-bond donors (Lipinski definition) is 0. The van der Waals surface area contributed by atoms with Crippen LogP contribution in [0.25, 0.3) is 0 Å². The second kappa shape index (κ2) is 3.70. The summed E-state index contributed by atoms with van der Waals surface area (Å²) in [4.78, 5) is 0. The molecule has 1 rings (SSSR count). The molecular formula is C14H25N. The van der Waals surface area contributed by atoms with Crippen molar-refractivity contribution < 1.29 is 0 Å². The molecule has 0 saturated carbocycles. The molecule has 0 N–H and O–H groups in total. The zero-order valence-corrected chi connectivity index (χ0v) is 11.3. The summed E-state index contributed by atoms with van der Waals surface area (Å²) in [6, 6.07) is 4.56. The maximum absolute atomic E-state index is 2.46. The van der Waals surface area contributed by atoms with Gasteiger partial charge in [0.25, 0.3) is 0 Å². The van der Waals surface area contributed by atoms with Crippen molar-refractivity contribution in [2.45, 2.75) is 65.8 Å². The molecule has 0 saturated heterocycles. The lowest BCUT2D eigenvalue weighted by atomic mass is 9.91. The molecule has 86 valence electrons. The first kappa shape index (κ1) is 12.4. The summed E-state index contributed by atoms with van der Waals surface area (Å²) in [6.45, 7) is 17.0. The van der Waals surface area contributed by atoms with Gasteiger partial charge in [0.05, 0.1) is 0 Å². The van der Waals surface area contributed by atoms with E-state index in [0.717, 1.165) is 6.54 Å². The van der Waals surface area contributed by atoms with Crippen LogP contribution in [-0.2, 0) is 17.4 Å². The Labute approximate surface area is 94.5 Å². The van der Waals surface area contributed by atoms with Gasteiger partial charge in [0.2, 0.25) is 0 Å². The molecule has 0 aliphatic heterocycles. The standard InChI is InChI=1S/C14H25N/c1-8-15-11(13(2,3)4)9-10-12(15)14(5,6)7/h9-10H,8H2,1-7H3. The minimum Gasteiger partial charge on any atom is -0.348 e. The normalized spacial score (nSPS) is 13.3. The van der Waals surface area contributed by atoms with E-state index in [4.69, 9.17) is 0 Å². The molecule has 1 nitrogen and oxygen atoms in total. The lowest BCUT2D eigenvalue weighted by Crippen LogP contribution is -2.23. The van der Waals surface area contributed by atoms with Crippen LogP contribution < -0.4 is 0 Å². The first-order chi connectivity index (χ1) is 6.68. The smallest absolute Gasteiger partial charge is 0.0231 e. The monoisotopic (exact) mass is 207 g/mol. The summed E-state index contributed by atoms with van der Waals surface area (Å²) in [7, 11) is 0. The highest BCUT2D eigenvalue weighted by Gasteiger charge is 2.24. The minimum absolute atomic E-state index is 0.236. The fraction of sp³-hybridized carbons (Fsp3) is 0.714. The van der Waals surface area contributed by atoms with Gasteiger partial charge in [-0.25, -0.2) is 0 Å². The molecule has 1 aromatic rings. The van der Waals surface area contributed by atoms with Crippen molar-refractivity contribution in [3.8, 4) is 0 Å². The first-order valence-electron chi connectivity index (χ1n) is 5.88.